The summed E-state index contributed by atoms with van der Waals surface area (Å²) in [6.07, 6.45) is 18.9. The van der Waals surface area contributed by atoms with Crippen molar-refractivity contribution < 1.29 is 4.79 Å². The normalized spacial score (nSPS) is 40.9. The van der Waals surface area contributed by atoms with Crippen molar-refractivity contribution >= 4 is 5.91 Å². The molecule has 0 N–H and O–H groups in total. The predicted molar refractivity (Wildman–Crippen MR) is 140 cm³/mol. The molecule has 4 aliphatic carbocycles. The summed E-state index contributed by atoms with van der Waals surface area (Å²) in [7, 11) is 1.97. The molecule has 0 aromatic carbocycles. The Balaban J connectivity index is 1.47. The highest BCUT2D eigenvalue weighted by Gasteiger charge is 2.59. The van der Waals surface area contributed by atoms with Gasteiger partial charge in [0.25, 0.3) is 0 Å². The molecule has 2 nitrogen and oxygen atoms in total. The fourth-order valence-electron chi connectivity index (χ4n) is 9.32. The lowest BCUT2D eigenvalue weighted by molar-refractivity contribution is -0.127. The monoisotopic (exact) mass is 453 g/mol. The highest BCUT2D eigenvalue weighted by molar-refractivity contribution is 5.87. The van der Waals surface area contributed by atoms with Crippen LogP contribution in [0.25, 0.3) is 0 Å². The van der Waals surface area contributed by atoms with Gasteiger partial charge in [-0.05, 0) is 104 Å². The minimum atomic E-state index is 0.0748. The molecule has 0 aliphatic heterocycles. The Morgan fingerprint density at radius 2 is 1.88 bits per heavy atom. The molecule has 0 saturated heterocycles. The van der Waals surface area contributed by atoms with Gasteiger partial charge in [-0.3, -0.25) is 4.79 Å². The third-order valence-electron chi connectivity index (χ3n) is 11.3. The first-order valence-corrected chi connectivity index (χ1v) is 14.2. The van der Waals surface area contributed by atoms with Crippen LogP contribution in [0.1, 0.15) is 105 Å². The van der Waals surface area contributed by atoms with Gasteiger partial charge < -0.3 is 4.90 Å². The number of carbonyl (C=O) groups is 1. The topological polar surface area (TPSA) is 20.3 Å². The summed E-state index contributed by atoms with van der Waals surface area (Å²) in [5.41, 5.74) is 2.59. The van der Waals surface area contributed by atoms with Gasteiger partial charge in [0.1, 0.15) is 0 Å². The maximum atomic E-state index is 12.2. The number of nitrogens with zero attached hydrogens (tertiary/aromatic N) is 1. The first-order valence-electron chi connectivity index (χ1n) is 14.2. The SMILES string of the molecule is C=CC(=O)N(C)[C@H]1CC[C@@]2(C)C(=CC[C@H]3[C@@H]4CC[C@H]([C@H](C)CCCC(C)C)[C@@]4(C)CC[C@@H]32)C1. The quantitative estimate of drug-likeness (QED) is 0.282. The van der Waals surface area contributed by atoms with Crippen LogP contribution >= 0.6 is 0 Å². The number of hydrogen-bond acceptors (Lipinski definition) is 1. The maximum absolute atomic E-state index is 12.2. The molecule has 1 amide bonds. The molecule has 0 spiro atoms. The highest BCUT2D eigenvalue weighted by atomic mass is 16.2. The van der Waals surface area contributed by atoms with Crippen molar-refractivity contribution in [2.45, 2.75) is 111 Å². The molecule has 3 saturated carbocycles. The Morgan fingerprint density at radius 1 is 1.12 bits per heavy atom. The van der Waals surface area contributed by atoms with Crippen LogP contribution in [0.3, 0.4) is 0 Å². The lowest BCUT2D eigenvalue weighted by Crippen LogP contribution is -2.52. The van der Waals surface area contributed by atoms with Crippen molar-refractivity contribution in [2.24, 2.45) is 46.3 Å². The minimum Gasteiger partial charge on any atom is -0.339 e. The first-order chi connectivity index (χ1) is 15.6. The summed E-state index contributed by atoms with van der Waals surface area (Å²) in [6.45, 7) is 16.3. The molecule has 4 rings (SSSR count). The number of rotatable bonds is 7. The van der Waals surface area contributed by atoms with Crippen LogP contribution in [-0.4, -0.2) is 23.9 Å². The van der Waals surface area contributed by atoms with E-state index < -0.39 is 0 Å². The Labute approximate surface area is 204 Å². The van der Waals surface area contributed by atoms with Crippen molar-refractivity contribution in [1.29, 1.82) is 0 Å². The van der Waals surface area contributed by atoms with Gasteiger partial charge in [0.2, 0.25) is 5.91 Å². The van der Waals surface area contributed by atoms with E-state index >= 15 is 0 Å². The Hall–Kier alpha value is -1.05. The van der Waals surface area contributed by atoms with Crippen molar-refractivity contribution in [3.8, 4) is 0 Å². The van der Waals surface area contributed by atoms with Crippen LogP contribution in [0.5, 0.6) is 0 Å². The van der Waals surface area contributed by atoms with Crippen molar-refractivity contribution in [1.82, 2.24) is 4.90 Å². The summed E-state index contributed by atoms with van der Waals surface area (Å²) in [5.74, 6) is 5.39. The van der Waals surface area contributed by atoms with Crippen molar-refractivity contribution in [2.75, 3.05) is 7.05 Å². The largest absolute Gasteiger partial charge is 0.339 e. The van der Waals surface area contributed by atoms with Gasteiger partial charge in [-0.25, -0.2) is 0 Å². The van der Waals surface area contributed by atoms with Crippen LogP contribution in [0, 0.1) is 46.3 Å². The molecule has 0 aromatic heterocycles. The van der Waals surface area contributed by atoms with E-state index in [0.717, 1.165) is 48.3 Å². The number of fused-ring (bicyclic) bond motifs is 5. The predicted octanol–water partition coefficient (Wildman–Crippen LogP) is 8.04. The molecule has 4 aliphatic rings. The average molecular weight is 454 g/mol. The van der Waals surface area contributed by atoms with E-state index in [9.17, 15) is 4.79 Å². The number of amides is 1. The molecule has 33 heavy (non-hydrogen) atoms. The molecular weight excluding hydrogens is 402 g/mol. The summed E-state index contributed by atoms with van der Waals surface area (Å²) in [4.78, 5) is 14.2. The number of hydrogen-bond donors (Lipinski definition) is 0. The molecule has 3 fully saturated rings. The number of carbonyl (C=O) groups excluding carboxylic acids is 1. The average Bonchev–Trinajstić information content (AvgIpc) is 3.14. The van der Waals surface area contributed by atoms with Gasteiger partial charge in [0.05, 0.1) is 0 Å². The van der Waals surface area contributed by atoms with E-state index in [2.05, 4.69) is 47.3 Å². The van der Waals surface area contributed by atoms with E-state index in [4.69, 9.17) is 0 Å². The minimum absolute atomic E-state index is 0.0748. The lowest BCUT2D eigenvalue weighted by Gasteiger charge is -2.59. The van der Waals surface area contributed by atoms with Gasteiger partial charge in [0, 0.05) is 13.1 Å². The molecule has 0 radical (unpaired) electrons. The molecule has 0 bridgehead atoms. The van der Waals surface area contributed by atoms with Gasteiger partial charge in [-0.1, -0.05) is 72.1 Å². The third-order valence-corrected chi connectivity index (χ3v) is 11.3. The second-order valence-corrected chi connectivity index (χ2v) is 13.3. The molecule has 0 unspecified atom stereocenters. The van der Waals surface area contributed by atoms with E-state index in [1.54, 1.807) is 5.57 Å². The zero-order valence-electron chi connectivity index (χ0n) is 22.5. The Morgan fingerprint density at radius 3 is 2.58 bits per heavy atom. The lowest BCUT2D eigenvalue weighted by atomic mass is 9.47. The zero-order valence-corrected chi connectivity index (χ0v) is 22.5. The van der Waals surface area contributed by atoms with E-state index in [-0.39, 0.29) is 5.91 Å². The van der Waals surface area contributed by atoms with Crippen LogP contribution in [0.2, 0.25) is 0 Å². The third kappa shape index (κ3) is 4.38. The van der Waals surface area contributed by atoms with E-state index in [1.165, 1.54) is 63.9 Å². The maximum Gasteiger partial charge on any atom is 0.245 e. The van der Waals surface area contributed by atoms with Crippen LogP contribution < -0.4 is 0 Å². The van der Waals surface area contributed by atoms with Gasteiger partial charge in [-0.2, -0.15) is 0 Å². The fraction of sp³-hybridized carbons (Fsp3) is 0.839. The van der Waals surface area contributed by atoms with Crippen LogP contribution in [-0.2, 0) is 4.79 Å². The highest BCUT2D eigenvalue weighted by Crippen LogP contribution is 2.67. The Kier molecular flexibility index (Phi) is 7.24. The van der Waals surface area contributed by atoms with Gasteiger partial charge in [-0.15, -0.1) is 0 Å². The van der Waals surface area contributed by atoms with Gasteiger partial charge >= 0.3 is 0 Å². The number of allylic oxidation sites excluding steroid dienone is 1. The summed E-state index contributed by atoms with van der Waals surface area (Å²) in [5, 5.41) is 0. The van der Waals surface area contributed by atoms with Crippen LogP contribution in [0.4, 0.5) is 0 Å². The second-order valence-electron chi connectivity index (χ2n) is 13.3. The van der Waals surface area contributed by atoms with Crippen LogP contribution in [0.15, 0.2) is 24.3 Å². The van der Waals surface area contributed by atoms with E-state index in [1.807, 2.05) is 11.9 Å². The number of likely N-dealkylation sites (N-methyl/N-ethyl adjacent to an activating group) is 1. The van der Waals surface area contributed by atoms with Crippen molar-refractivity contribution in [3.05, 3.63) is 24.3 Å². The van der Waals surface area contributed by atoms with E-state index in [0.29, 0.717) is 16.9 Å². The second kappa shape index (κ2) is 9.54. The standard InChI is InChI=1S/C31H51NO/c1-8-29(33)32(7)24-16-18-30(5)23(20-24)12-13-25-27-15-14-26(22(4)11-9-10-21(2)3)31(27,6)19-17-28(25)30/h8,12,21-22,24-28H,1,9-11,13-20H2,2-7H3/t22-,24+,25+,26-,27+,28+,30+,31-/m1/s1. The molecule has 0 aromatic rings. The molecule has 8 atom stereocenters. The summed E-state index contributed by atoms with van der Waals surface area (Å²) < 4.78 is 0. The summed E-state index contributed by atoms with van der Waals surface area (Å²) in [6, 6.07) is 0.350. The molecule has 2 heteroatoms. The smallest absolute Gasteiger partial charge is 0.245 e. The molecular formula is C31H51NO. The first kappa shape index (κ1) is 25.1. The molecule has 186 valence electrons. The van der Waals surface area contributed by atoms with Crippen molar-refractivity contribution in [3.63, 3.8) is 0 Å². The zero-order chi connectivity index (χ0) is 24.0. The Bertz CT molecular complexity index is 767. The summed E-state index contributed by atoms with van der Waals surface area (Å²) >= 11 is 0. The van der Waals surface area contributed by atoms with Gasteiger partial charge in [0.15, 0.2) is 0 Å². The molecule has 0 heterocycles. The fourth-order valence-corrected chi connectivity index (χ4v) is 9.32.